The van der Waals surface area contributed by atoms with Gasteiger partial charge in [-0.1, -0.05) is 35.8 Å². The molecular weight excluding hydrogens is 368 g/mol. The van der Waals surface area contributed by atoms with E-state index in [1.54, 1.807) is 7.11 Å². The normalized spacial score (nSPS) is 35.0. The number of benzene rings is 1. The average molecular weight is 395 g/mol. The van der Waals surface area contributed by atoms with Gasteiger partial charge in [0.15, 0.2) is 0 Å². The Morgan fingerprint density at radius 3 is 2.54 bits per heavy atom. The lowest BCUT2D eigenvalue weighted by Crippen LogP contribution is -2.45. The largest absolute Gasteiger partial charge is 0.466 e. The van der Waals surface area contributed by atoms with Crippen LogP contribution < -0.4 is 0 Å². The summed E-state index contributed by atoms with van der Waals surface area (Å²) in [5, 5.41) is 0. The van der Waals surface area contributed by atoms with E-state index >= 15 is 0 Å². The van der Waals surface area contributed by atoms with E-state index in [2.05, 4.69) is 48.0 Å². The first-order chi connectivity index (χ1) is 11.4. The molecule has 0 heterocycles. The van der Waals surface area contributed by atoms with Crippen LogP contribution >= 0.6 is 15.9 Å². The van der Waals surface area contributed by atoms with Gasteiger partial charge in [0.25, 0.3) is 0 Å². The van der Waals surface area contributed by atoms with Gasteiger partial charge in [-0.25, -0.2) is 0 Å². The van der Waals surface area contributed by atoms with Crippen molar-refractivity contribution in [3.05, 3.63) is 33.8 Å². The van der Waals surface area contributed by atoms with Gasteiger partial charge in [0.2, 0.25) is 0 Å². The molecule has 0 radical (unpaired) electrons. The van der Waals surface area contributed by atoms with E-state index in [4.69, 9.17) is 9.47 Å². The lowest BCUT2D eigenvalue weighted by molar-refractivity contribution is -0.151. The maximum Gasteiger partial charge on any atom is 0.313 e. The van der Waals surface area contributed by atoms with E-state index in [1.165, 1.54) is 5.56 Å². The van der Waals surface area contributed by atoms with Gasteiger partial charge in [-0.15, -0.1) is 0 Å². The summed E-state index contributed by atoms with van der Waals surface area (Å²) in [4.78, 5) is 12.9. The monoisotopic (exact) mass is 394 g/mol. The van der Waals surface area contributed by atoms with Crippen molar-refractivity contribution in [3.63, 3.8) is 0 Å². The van der Waals surface area contributed by atoms with Crippen LogP contribution in [-0.4, -0.2) is 25.8 Å². The number of rotatable bonds is 3. The van der Waals surface area contributed by atoms with E-state index in [0.29, 0.717) is 18.4 Å². The molecule has 3 nitrogen and oxygen atoms in total. The van der Waals surface area contributed by atoms with Crippen molar-refractivity contribution in [1.29, 1.82) is 0 Å². The van der Waals surface area contributed by atoms with E-state index in [-0.39, 0.29) is 23.4 Å². The third-order valence-electron chi connectivity index (χ3n) is 5.95. The molecule has 2 aliphatic carbocycles. The quantitative estimate of drug-likeness (QED) is 0.695. The molecule has 0 N–H and O–H groups in total. The molecule has 0 aliphatic heterocycles. The molecule has 0 amide bonds. The fraction of sp³-hybridized carbons (Fsp3) is 0.650. The molecule has 132 valence electrons. The van der Waals surface area contributed by atoms with Crippen molar-refractivity contribution in [2.45, 2.75) is 52.1 Å². The van der Waals surface area contributed by atoms with Crippen LogP contribution in [0.15, 0.2) is 22.7 Å². The fourth-order valence-corrected chi connectivity index (χ4v) is 5.79. The van der Waals surface area contributed by atoms with Gasteiger partial charge in [0.1, 0.15) is 0 Å². The molecule has 1 aromatic carbocycles. The van der Waals surface area contributed by atoms with Gasteiger partial charge in [-0.2, -0.15) is 0 Å². The highest BCUT2D eigenvalue weighted by atomic mass is 79.9. The van der Waals surface area contributed by atoms with Gasteiger partial charge in [0, 0.05) is 11.6 Å². The number of fused-ring (bicyclic) bond motifs is 1. The summed E-state index contributed by atoms with van der Waals surface area (Å²) < 4.78 is 12.2. The number of ether oxygens (including phenoxy) is 2. The predicted molar refractivity (Wildman–Crippen MR) is 98.0 cm³/mol. The zero-order valence-electron chi connectivity index (χ0n) is 15.0. The Labute approximate surface area is 153 Å². The van der Waals surface area contributed by atoms with Gasteiger partial charge in [-0.05, 0) is 66.7 Å². The highest BCUT2D eigenvalue weighted by molar-refractivity contribution is 9.10. The zero-order valence-corrected chi connectivity index (χ0v) is 16.6. The fourth-order valence-electron chi connectivity index (χ4n) is 5.41. The Morgan fingerprint density at radius 2 is 1.96 bits per heavy atom. The van der Waals surface area contributed by atoms with Crippen molar-refractivity contribution in [2.24, 2.45) is 17.3 Å². The van der Waals surface area contributed by atoms with E-state index < -0.39 is 0 Å². The molecule has 24 heavy (non-hydrogen) atoms. The molecule has 2 unspecified atom stereocenters. The number of halogens is 1. The number of methoxy groups -OCH3 is 1. The van der Waals surface area contributed by atoms with E-state index in [9.17, 15) is 4.79 Å². The topological polar surface area (TPSA) is 35.5 Å². The SMILES string of the molecule is CCOC(=O)[C@@H]1c2cc(Br)ccc2CC12C[C@@H](C)C(OC)[C@@H](C)C2. The second-order valence-corrected chi connectivity index (χ2v) is 8.55. The Kier molecular flexibility index (Phi) is 5.08. The van der Waals surface area contributed by atoms with E-state index in [1.807, 2.05) is 6.92 Å². The maximum absolute atomic E-state index is 12.9. The Balaban J connectivity index is 2.02. The highest BCUT2D eigenvalue weighted by Gasteiger charge is 2.55. The molecule has 0 aromatic heterocycles. The van der Waals surface area contributed by atoms with Gasteiger partial charge < -0.3 is 9.47 Å². The Bertz CT molecular complexity index is 615. The molecule has 0 bridgehead atoms. The molecule has 2 aliphatic rings. The first kappa shape index (κ1) is 17.9. The molecule has 5 atom stereocenters. The van der Waals surface area contributed by atoms with Gasteiger partial charge in [0.05, 0.1) is 18.6 Å². The van der Waals surface area contributed by atoms with Crippen molar-refractivity contribution < 1.29 is 14.3 Å². The molecule has 4 heteroatoms. The smallest absolute Gasteiger partial charge is 0.313 e. The number of carbonyl (C=O) groups is 1. The second-order valence-electron chi connectivity index (χ2n) is 7.63. The van der Waals surface area contributed by atoms with Crippen LogP contribution in [0, 0.1) is 17.3 Å². The second kappa shape index (κ2) is 6.80. The predicted octanol–water partition coefficient (Wildman–Crippen LogP) is 4.72. The number of carbonyl (C=O) groups excluding carboxylic acids is 1. The van der Waals surface area contributed by atoms with Crippen LogP contribution in [-0.2, 0) is 20.7 Å². The summed E-state index contributed by atoms with van der Waals surface area (Å²) in [6.07, 6.45) is 3.25. The molecule has 1 saturated carbocycles. The van der Waals surface area contributed by atoms with Crippen LogP contribution in [0.5, 0.6) is 0 Å². The number of esters is 1. The number of hydrogen-bond donors (Lipinski definition) is 0. The summed E-state index contributed by atoms with van der Waals surface area (Å²) in [7, 11) is 1.80. The zero-order chi connectivity index (χ0) is 17.5. The molecule has 1 aromatic rings. The van der Waals surface area contributed by atoms with Crippen molar-refractivity contribution in [2.75, 3.05) is 13.7 Å². The summed E-state index contributed by atoms with van der Waals surface area (Å²) in [6.45, 7) is 6.83. The van der Waals surface area contributed by atoms with Crippen molar-refractivity contribution >= 4 is 21.9 Å². The molecule has 1 spiro atoms. The van der Waals surface area contributed by atoms with Crippen LogP contribution in [0.4, 0.5) is 0 Å². The minimum atomic E-state index is -0.160. The molecule has 1 fully saturated rings. The summed E-state index contributed by atoms with van der Waals surface area (Å²) in [5.74, 6) is 0.652. The van der Waals surface area contributed by atoms with Crippen LogP contribution in [0.1, 0.15) is 50.7 Å². The first-order valence-corrected chi connectivity index (χ1v) is 9.69. The molecular formula is C20H27BrO3. The van der Waals surface area contributed by atoms with Crippen molar-refractivity contribution in [1.82, 2.24) is 0 Å². The lowest BCUT2D eigenvalue weighted by atomic mass is 9.59. The van der Waals surface area contributed by atoms with Gasteiger partial charge >= 0.3 is 5.97 Å². The van der Waals surface area contributed by atoms with E-state index in [0.717, 1.165) is 29.3 Å². The highest BCUT2D eigenvalue weighted by Crippen LogP contribution is 2.58. The first-order valence-electron chi connectivity index (χ1n) is 8.89. The summed E-state index contributed by atoms with van der Waals surface area (Å²) >= 11 is 3.57. The number of hydrogen-bond acceptors (Lipinski definition) is 3. The van der Waals surface area contributed by atoms with Crippen molar-refractivity contribution in [3.8, 4) is 0 Å². The maximum atomic E-state index is 12.9. The lowest BCUT2D eigenvalue weighted by Gasteiger charge is -2.47. The minimum Gasteiger partial charge on any atom is -0.466 e. The Hall–Kier alpha value is -0.870. The Morgan fingerprint density at radius 1 is 1.29 bits per heavy atom. The third kappa shape index (κ3) is 2.92. The van der Waals surface area contributed by atoms with Crippen LogP contribution in [0.2, 0.25) is 0 Å². The summed E-state index contributed by atoms with van der Waals surface area (Å²) in [5.41, 5.74) is 2.41. The standard InChI is InChI=1S/C20H27BrO3/c1-5-24-19(22)17-16-8-15(21)7-6-14(16)11-20(17)9-12(2)18(23-4)13(3)10-20/h6-8,12-13,17-18H,5,9-11H2,1-4H3/t12-,13+,17-,18?,20?/m0/s1. The molecule has 0 saturated heterocycles. The van der Waals surface area contributed by atoms with Gasteiger partial charge in [-0.3, -0.25) is 4.79 Å². The average Bonchev–Trinajstić information content (AvgIpc) is 2.79. The molecule has 3 rings (SSSR count). The van der Waals surface area contributed by atoms with Crippen LogP contribution in [0.25, 0.3) is 0 Å². The summed E-state index contributed by atoms with van der Waals surface area (Å²) in [6, 6.07) is 6.36. The minimum absolute atomic E-state index is 0.0384. The van der Waals surface area contributed by atoms with Crippen LogP contribution in [0.3, 0.4) is 0 Å². The third-order valence-corrected chi connectivity index (χ3v) is 6.44.